The van der Waals surface area contributed by atoms with Crippen molar-refractivity contribution in [3.63, 3.8) is 0 Å². The molecular weight excluding hydrogens is 286 g/mol. The third-order valence-corrected chi connectivity index (χ3v) is 4.41. The quantitative estimate of drug-likeness (QED) is 0.834. The Labute approximate surface area is 127 Å². The molecule has 0 heterocycles. The average Bonchev–Trinajstić information content (AvgIpc) is 2.47. The molecule has 5 heteroatoms. The largest absolute Gasteiger partial charge is 0.493 e. The van der Waals surface area contributed by atoms with Gasteiger partial charge in [-0.2, -0.15) is 0 Å². The predicted molar refractivity (Wildman–Crippen MR) is 85.4 cm³/mol. The summed E-state index contributed by atoms with van der Waals surface area (Å²) in [5.74, 6) is 1.69. The van der Waals surface area contributed by atoms with Gasteiger partial charge < -0.3 is 15.2 Å². The zero-order valence-electron chi connectivity index (χ0n) is 12.2. The minimum Gasteiger partial charge on any atom is -0.493 e. The van der Waals surface area contributed by atoms with Crippen LogP contribution in [0.2, 0.25) is 0 Å². The van der Waals surface area contributed by atoms with Crippen LogP contribution in [0.15, 0.2) is 47.4 Å². The predicted octanol–water partition coefficient (Wildman–Crippen LogP) is 2.77. The van der Waals surface area contributed by atoms with Crippen molar-refractivity contribution in [2.24, 2.45) is 0 Å². The van der Waals surface area contributed by atoms with Crippen LogP contribution in [0, 0.1) is 6.92 Å². The van der Waals surface area contributed by atoms with Gasteiger partial charge in [0.05, 0.1) is 28.6 Å². The van der Waals surface area contributed by atoms with Gasteiger partial charge in [-0.05, 0) is 36.8 Å². The first-order valence-corrected chi connectivity index (χ1v) is 7.94. The summed E-state index contributed by atoms with van der Waals surface area (Å²) in [6.07, 6.45) is 0. The van der Waals surface area contributed by atoms with E-state index in [1.807, 2.05) is 49.4 Å². The highest BCUT2D eigenvalue weighted by atomic mass is 32.2. The maximum absolute atomic E-state index is 12.2. The van der Waals surface area contributed by atoms with E-state index in [-0.39, 0.29) is 0 Å². The minimum absolute atomic E-state index is 0.334. The number of nitrogens with two attached hydrogens (primary N) is 1. The number of aryl methyl sites for hydroxylation is 1. The molecule has 0 amide bonds. The van der Waals surface area contributed by atoms with E-state index in [9.17, 15) is 4.21 Å². The number of anilines is 1. The van der Waals surface area contributed by atoms with Crippen molar-refractivity contribution in [1.29, 1.82) is 0 Å². The van der Waals surface area contributed by atoms with E-state index in [4.69, 9.17) is 15.2 Å². The van der Waals surface area contributed by atoms with Crippen LogP contribution in [0.3, 0.4) is 0 Å². The fourth-order valence-electron chi connectivity index (χ4n) is 1.95. The topological polar surface area (TPSA) is 61.5 Å². The summed E-state index contributed by atoms with van der Waals surface area (Å²) in [6.45, 7) is 2.29. The second-order valence-corrected chi connectivity index (χ2v) is 6.13. The van der Waals surface area contributed by atoms with Crippen LogP contribution < -0.4 is 15.2 Å². The van der Waals surface area contributed by atoms with Crippen LogP contribution in [0.25, 0.3) is 0 Å². The molecule has 0 radical (unpaired) electrons. The monoisotopic (exact) mass is 305 g/mol. The van der Waals surface area contributed by atoms with Crippen LogP contribution in [-0.4, -0.2) is 23.7 Å². The van der Waals surface area contributed by atoms with Crippen molar-refractivity contribution in [2.45, 2.75) is 11.8 Å². The molecule has 0 bridgehead atoms. The molecule has 1 unspecified atom stereocenters. The third kappa shape index (κ3) is 3.98. The molecule has 2 aromatic rings. The van der Waals surface area contributed by atoms with Gasteiger partial charge in [-0.3, -0.25) is 4.21 Å². The molecule has 4 nitrogen and oxygen atoms in total. The van der Waals surface area contributed by atoms with Crippen molar-refractivity contribution < 1.29 is 13.7 Å². The van der Waals surface area contributed by atoms with Crippen molar-refractivity contribution in [3.05, 3.63) is 48.0 Å². The molecule has 0 saturated carbocycles. The van der Waals surface area contributed by atoms with E-state index in [0.717, 1.165) is 5.56 Å². The van der Waals surface area contributed by atoms with Crippen molar-refractivity contribution in [1.82, 2.24) is 0 Å². The summed E-state index contributed by atoms with van der Waals surface area (Å²) in [5.41, 5.74) is 7.51. The number of rotatable bonds is 6. The van der Waals surface area contributed by atoms with Gasteiger partial charge in [0.2, 0.25) is 0 Å². The first kappa shape index (κ1) is 15.4. The normalized spacial score (nSPS) is 11.9. The number of hydrogen-bond acceptors (Lipinski definition) is 4. The van der Waals surface area contributed by atoms with Crippen molar-refractivity contribution in [3.8, 4) is 11.5 Å². The first-order valence-electron chi connectivity index (χ1n) is 6.62. The molecule has 1 atom stereocenters. The van der Waals surface area contributed by atoms with Crippen LogP contribution >= 0.6 is 0 Å². The van der Waals surface area contributed by atoms with Gasteiger partial charge in [0.25, 0.3) is 0 Å². The lowest BCUT2D eigenvalue weighted by molar-refractivity contribution is 0.313. The molecule has 0 aliphatic carbocycles. The van der Waals surface area contributed by atoms with Gasteiger partial charge in [-0.15, -0.1) is 0 Å². The Morgan fingerprint density at radius 1 is 1.14 bits per heavy atom. The molecule has 2 aromatic carbocycles. The molecule has 21 heavy (non-hydrogen) atoms. The van der Waals surface area contributed by atoms with Crippen LogP contribution in [0.5, 0.6) is 11.5 Å². The third-order valence-electron chi connectivity index (χ3n) is 3.01. The highest BCUT2D eigenvalue weighted by Gasteiger charge is 2.09. The van der Waals surface area contributed by atoms with Gasteiger partial charge in [0.15, 0.2) is 11.5 Å². The van der Waals surface area contributed by atoms with E-state index >= 15 is 0 Å². The molecule has 0 aromatic heterocycles. The Morgan fingerprint density at radius 3 is 2.52 bits per heavy atom. The number of ether oxygens (including phenoxy) is 2. The molecule has 0 aliphatic rings. The molecule has 0 aliphatic heterocycles. The van der Waals surface area contributed by atoms with Gasteiger partial charge in [0.1, 0.15) is 6.61 Å². The molecule has 112 valence electrons. The van der Waals surface area contributed by atoms with E-state index in [2.05, 4.69) is 0 Å². The van der Waals surface area contributed by atoms with Gasteiger partial charge in [-0.1, -0.05) is 18.2 Å². The van der Waals surface area contributed by atoms with E-state index < -0.39 is 10.8 Å². The smallest absolute Gasteiger partial charge is 0.161 e. The van der Waals surface area contributed by atoms with Crippen LogP contribution in [-0.2, 0) is 10.8 Å². The number of benzene rings is 2. The van der Waals surface area contributed by atoms with E-state index in [1.165, 1.54) is 0 Å². The summed E-state index contributed by atoms with van der Waals surface area (Å²) in [5, 5.41) is 0. The fourth-order valence-corrected chi connectivity index (χ4v) is 2.95. The van der Waals surface area contributed by atoms with Crippen molar-refractivity contribution in [2.75, 3.05) is 25.2 Å². The molecule has 0 saturated heterocycles. The Morgan fingerprint density at radius 2 is 1.86 bits per heavy atom. The summed E-state index contributed by atoms with van der Waals surface area (Å²) in [6, 6.07) is 12.9. The summed E-state index contributed by atoms with van der Waals surface area (Å²) >= 11 is 0. The Hall–Kier alpha value is -2.01. The van der Waals surface area contributed by atoms with Gasteiger partial charge in [0, 0.05) is 5.69 Å². The summed E-state index contributed by atoms with van der Waals surface area (Å²) in [7, 11) is 0.414. The lowest BCUT2D eigenvalue weighted by Crippen LogP contribution is -2.10. The zero-order chi connectivity index (χ0) is 15.2. The highest BCUT2D eigenvalue weighted by molar-refractivity contribution is 7.85. The maximum atomic E-state index is 12.2. The second-order valence-electron chi connectivity index (χ2n) is 4.59. The Kier molecular flexibility index (Phi) is 5.22. The Balaban J connectivity index is 1.95. The standard InChI is InChI=1S/C16H19NO3S/c1-12-7-8-16(13(17)11-12)21(18)10-9-20-15-6-4-3-5-14(15)19-2/h3-8,11H,9-10,17H2,1-2H3. The maximum Gasteiger partial charge on any atom is 0.161 e. The lowest BCUT2D eigenvalue weighted by atomic mass is 10.2. The average molecular weight is 305 g/mol. The van der Waals surface area contributed by atoms with Gasteiger partial charge in [-0.25, -0.2) is 0 Å². The number of nitrogen functional groups attached to an aromatic ring is 1. The number of para-hydroxylation sites is 2. The van der Waals surface area contributed by atoms with Gasteiger partial charge >= 0.3 is 0 Å². The molecule has 0 fully saturated rings. The Bertz CT molecular complexity index is 643. The minimum atomic E-state index is -1.18. The van der Waals surface area contributed by atoms with E-state index in [1.54, 1.807) is 7.11 Å². The highest BCUT2D eigenvalue weighted by Crippen LogP contribution is 2.26. The fraction of sp³-hybridized carbons (Fsp3) is 0.250. The number of methoxy groups -OCH3 is 1. The van der Waals surface area contributed by atoms with Crippen LogP contribution in [0.4, 0.5) is 5.69 Å². The van der Waals surface area contributed by atoms with Crippen LogP contribution in [0.1, 0.15) is 5.56 Å². The zero-order valence-corrected chi connectivity index (χ0v) is 13.0. The van der Waals surface area contributed by atoms with E-state index in [0.29, 0.717) is 34.4 Å². The molecule has 2 N–H and O–H groups in total. The second kappa shape index (κ2) is 7.13. The summed E-state index contributed by atoms with van der Waals surface area (Å²) < 4.78 is 23.1. The molecule has 2 rings (SSSR count). The molecular formula is C16H19NO3S. The first-order chi connectivity index (χ1) is 10.1. The lowest BCUT2D eigenvalue weighted by Gasteiger charge is -2.11. The molecule has 0 spiro atoms. The number of hydrogen-bond donors (Lipinski definition) is 1. The summed E-state index contributed by atoms with van der Waals surface area (Å²) in [4.78, 5) is 0.657. The van der Waals surface area contributed by atoms with Crippen molar-refractivity contribution >= 4 is 16.5 Å². The SMILES string of the molecule is COc1ccccc1OCCS(=O)c1ccc(C)cc1N.